The number of ether oxygens (including phenoxy) is 2. The SMILES string of the molecule is Brc1ccc(NCc2ccc3c(c2)OCO3)cc1. The van der Waals surface area contributed by atoms with E-state index in [-0.39, 0.29) is 0 Å². The van der Waals surface area contributed by atoms with Crippen molar-refractivity contribution in [1.82, 2.24) is 0 Å². The summed E-state index contributed by atoms with van der Waals surface area (Å²) in [6, 6.07) is 14.1. The molecule has 4 heteroatoms. The number of benzene rings is 2. The summed E-state index contributed by atoms with van der Waals surface area (Å²) in [5, 5.41) is 3.36. The van der Waals surface area contributed by atoms with Crippen LogP contribution in [0.4, 0.5) is 5.69 Å². The molecule has 0 bridgehead atoms. The summed E-state index contributed by atoms with van der Waals surface area (Å²) in [6.45, 7) is 1.08. The minimum Gasteiger partial charge on any atom is -0.454 e. The van der Waals surface area contributed by atoms with Crippen molar-refractivity contribution in [1.29, 1.82) is 0 Å². The lowest BCUT2D eigenvalue weighted by molar-refractivity contribution is 0.174. The second-order valence-corrected chi connectivity index (χ2v) is 4.96. The molecular formula is C14H12BrNO2. The van der Waals surface area contributed by atoms with Crippen LogP contribution in [-0.2, 0) is 6.54 Å². The van der Waals surface area contributed by atoms with Gasteiger partial charge in [0.25, 0.3) is 0 Å². The Hall–Kier alpha value is -1.68. The zero-order valence-electron chi connectivity index (χ0n) is 9.65. The maximum absolute atomic E-state index is 5.35. The van der Waals surface area contributed by atoms with Crippen LogP contribution in [0.2, 0.25) is 0 Å². The summed E-state index contributed by atoms with van der Waals surface area (Å²) in [6.07, 6.45) is 0. The van der Waals surface area contributed by atoms with E-state index in [4.69, 9.17) is 9.47 Å². The maximum Gasteiger partial charge on any atom is 0.231 e. The molecule has 1 aliphatic heterocycles. The standard InChI is InChI=1S/C14H12BrNO2/c15-11-2-4-12(5-3-11)16-8-10-1-6-13-14(7-10)18-9-17-13/h1-7,16H,8-9H2. The van der Waals surface area contributed by atoms with Crippen LogP contribution in [0.3, 0.4) is 0 Å². The van der Waals surface area contributed by atoms with E-state index in [1.807, 2.05) is 42.5 Å². The van der Waals surface area contributed by atoms with Gasteiger partial charge >= 0.3 is 0 Å². The van der Waals surface area contributed by atoms with Crippen LogP contribution in [0.1, 0.15) is 5.56 Å². The first-order valence-corrected chi connectivity index (χ1v) is 6.48. The fourth-order valence-corrected chi connectivity index (χ4v) is 2.09. The Kier molecular flexibility index (Phi) is 3.11. The van der Waals surface area contributed by atoms with Crippen molar-refractivity contribution in [2.75, 3.05) is 12.1 Å². The van der Waals surface area contributed by atoms with Crippen LogP contribution >= 0.6 is 15.9 Å². The number of rotatable bonds is 3. The highest BCUT2D eigenvalue weighted by atomic mass is 79.9. The van der Waals surface area contributed by atoms with Crippen molar-refractivity contribution in [2.45, 2.75) is 6.54 Å². The largest absolute Gasteiger partial charge is 0.454 e. The summed E-state index contributed by atoms with van der Waals surface area (Å²) in [5.74, 6) is 1.65. The zero-order chi connectivity index (χ0) is 12.4. The Balaban J connectivity index is 1.68. The van der Waals surface area contributed by atoms with Crippen molar-refractivity contribution < 1.29 is 9.47 Å². The molecule has 0 fully saturated rings. The summed E-state index contributed by atoms with van der Waals surface area (Å²) in [7, 11) is 0. The summed E-state index contributed by atoms with van der Waals surface area (Å²) in [5.41, 5.74) is 2.26. The monoisotopic (exact) mass is 305 g/mol. The average molecular weight is 306 g/mol. The van der Waals surface area contributed by atoms with Gasteiger partial charge in [-0.2, -0.15) is 0 Å². The predicted octanol–water partition coefficient (Wildman–Crippen LogP) is 3.79. The van der Waals surface area contributed by atoms with Gasteiger partial charge < -0.3 is 14.8 Å². The predicted molar refractivity (Wildman–Crippen MR) is 74.0 cm³/mol. The molecule has 3 nitrogen and oxygen atoms in total. The molecule has 0 unspecified atom stereocenters. The molecule has 0 saturated carbocycles. The first-order valence-electron chi connectivity index (χ1n) is 5.69. The van der Waals surface area contributed by atoms with Gasteiger partial charge in [-0.3, -0.25) is 0 Å². The lowest BCUT2D eigenvalue weighted by Gasteiger charge is -2.07. The van der Waals surface area contributed by atoms with Crippen LogP contribution in [0.15, 0.2) is 46.9 Å². The van der Waals surface area contributed by atoms with E-state index >= 15 is 0 Å². The number of hydrogen-bond acceptors (Lipinski definition) is 3. The molecule has 0 atom stereocenters. The van der Waals surface area contributed by atoms with Gasteiger partial charge in [-0.25, -0.2) is 0 Å². The number of fused-ring (bicyclic) bond motifs is 1. The third kappa shape index (κ3) is 2.43. The van der Waals surface area contributed by atoms with Crippen LogP contribution in [0, 0.1) is 0 Å². The van der Waals surface area contributed by atoms with Gasteiger partial charge in [-0.1, -0.05) is 22.0 Å². The second kappa shape index (κ2) is 4.90. The van der Waals surface area contributed by atoms with Crippen molar-refractivity contribution in [3.63, 3.8) is 0 Å². The molecule has 0 saturated heterocycles. The van der Waals surface area contributed by atoms with Crippen LogP contribution in [0.5, 0.6) is 11.5 Å². The summed E-state index contributed by atoms with van der Waals surface area (Å²) in [4.78, 5) is 0. The third-order valence-electron chi connectivity index (χ3n) is 2.78. The minimum absolute atomic E-state index is 0.318. The fourth-order valence-electron chi connectivity index (χ4n) is 1.82. The first-order chi connectivity index (χ1) is 8.81. The number of halogens is 1. The van der Waals surface area contributed by atoms with Crippen molar-refractivity contribution in [3.05, 3.63) is 52.5 Å². The Morgan fingerprint density at radius 3 is 2.61 bits per heavy atom. The van der Waals surface area contributed by atoms with Crippen molar-refractivity contribution in [3.8, 4) is 11.5 Å². The van der Waals surface area contributed by atoms with Crippen molar-refractivity contribution >= 4 is 21.6 Å². The highest BCUT2D eigenvalue weighted by Crippen LogP contribution is 2.32. The molecule has 2 aromatic carbocycles. The molecule has 92 valence electrons. The molecule has 1 N–H and O–H groups in total. The van der Waals surface area contributed by atoms with E-state index in [0.717, 1.165) is 28.2 Å². The molecule has 0 amide bonds. The smallest absolute Gasteiger partial charge is 0.231 e. The maximum atomic E-state index is 5.35. The van der Waals surface area contributed by atoms with Gasteiger partial charge in [0.15, 0.2) is 11.5 Å². The van der Waals surface area contributed by atoms with E-state index in [1.165, 1.54) is 5.56 Å². The van der Waals surface area contributed by atoms with E-state index in [9.17, 15) is 0 Å². The molecule has 0 aromatic heterocycles. The number of nitrogens with one attached hydrogen (secondary N) is 1. The molecule has 1 heterocycles. The lowest BCUT2D eigenvalue weighted by atomic mass is 10.2. The normalized spacial score (nSPS) is 12.5. The lowest BCUT2D eigenvalue weighted by Crippen LogP contribution is -1.98. The van der Waals surface area contributed by atoms with Gasteiger partial charge in [-0.15, -0.1) is 0 Å². The van der Waals surface area contributed by atoms with E-state index < -0.39 is 0 Å². The number of anilines is 1. The second-order valence-electron chi connectivity index (χ2n) is 4.05. The third-order valence-corrected chi connectivity index (χ3v) is 3.31. The quantitative estimate of drug-likeness (QED) is 0.936. The molecule has 2 aromatic rings. The molecule has 1 aliphatic rings. The van der Waals surface area contributed by atoms with E-state index in [0.29, 0.717) is 6.79 Å². The van der Waals surface area contributed by atoms with Crippen LogP contribution in [-0.4, -0.2) is 6.79 Å². The van der Waals surface area contributed by atoms with Crippen LogP contribution in [0.25, 0.3) is 0 Å². The van der Waals surface area contributed by atoms with E-state index in [1.54, 1.807) is 0 Å². The van der Waals surface area contributed by atoms with Gasteiger partial charge in [0, 0.05) is 16.7 Å². The summed E-state index contributed by atoms with van der Waals surface area (Å²) >= 11 is 3.42. The molecule has 18 heavy (non-hydrogen) atoms. The Morgan fingerprint density at radius 1 is 1.00 bits per heavy atom. The highest BCUT2D eigenvalue weighted by Gasteiger charge is 2.12. The summed E-state index contributed by atoms with van der Waals surface area (Å²) < 4.78 is 11.7. The van der Waals surface area contributed by atoms with Crippen LogP contribution < -0.4 is 14.8 Å². The molecular weight excluding hydrogens is 294 g/mol. The van der Waals surface area contributed by atoms with E-state index in [2.05, 4.69) is 21.2 Å². The van der Waals surface area contributed by atoms with Crippen molar-refractivity contribution in [2.24, 2.45) is 0 Å². The van der Waals surface area contributed by atoms with Gasteiger partial charge in [-0.05, 0) is 42.0 Å². The molecule has 3 rings (SSSR count). The Bertz CT molecular complexity index is 554. The molecule has 0 aliphatic carbocycles. The van der Waals surface area contributed by atoms with Gasteiger partial charge in [0.05, 0.1) is 0 Å². The first kappa shape index (κ1) is 11.4. The zero-order valence-corrected chi connectivity index (χ0v) is 11.2. The molecule has 0 radical (unpaired) electrons. The Morgan fingerprint density at radius 2 is 1.78 bits per heavy atom. The molecule has 0 spiro atoms. The Labute approximate surface area is 114 Å². The minimum atomic E-state index is 0.318. The van der Waals surface area contributed by atoms with Gasteiger partial charge in [0.2, 0.25) is 6.79 Å². The van der Waals surface area contributed by atoms with Gasteiger partial charge in [0.1, 0.15) is 0 Å². The topological polar surface area (TPSA) is 30.5 Å². The average Bonchev–Trinajstić information content (AvgIpc) is 2.85. The fraction of sp³-hybridized carbons (Fsp3) is 0.143. The highest BCUT2D eigenvalue weighted by molar-refractivity contribution is 9.10. The number of hydrogen-bond donors (Lipinski definition) is 1.